The van der Waals surface area contributed by atoms with Crippen LogP contribution < -0.4 is 16.0 Å². The number of aryl methyl sites for hydroxylation is 1. The van der Waals surface area contributed by atoms with Crippen LogP contribution in [-0.4, -0.2) is 24.3 Å². The van der Waals surface area contributed by atoms with E-state index in [0.717, 1.165) is 12.8 Å². The van der Waals surface area contributed by atoms with Crippen molar-refractivity contribution in [3.8, 4) is 0 Å². The van der Waals surface area contributed by atoms with Crippen molar-refractivity contribution in [2.75, 3.05) is 17.2 Å². The summed E-state index contributed by atoms with van der Waals surface area (Å²) in [5.41, 5.74) is 2.30. The van der Waals surface area contributed by atoms with Gasteiger partial charge in [-0.05, 0) is 42.7 Å². The molecule has 6 nitrogen and oxygen atoms in total. The van der Waals surface area contributed by atoms with Gasteiger partial charge in [-0.25, -0.2) is 0 Å². The molecule has 0 aliphatic rings. The highest BCUT2D eigenvalue weighted by molar-refractivity contribution is 6.39. The minimum Gasteiger partial charge on any atom is -0.348 e. The van der Waals surface area contributed by atoms with Gasteiger partial charge in [-0.3, -0.25) is 14.4 Å². The number of hydrogen-bond donors (Lipinski definition) is 3. The normalized spacial score (nSPS) is 9.96. The Morgan fingerprint density at radius 3 is 2.00 bits per heavy atom. The second-order valence-electron chi connectivity index (χ2n) is 5.56. The van der Waals surface area contributed by atoms with Crippen LogP contribution in [0, 0.1) is 0 Å². The molecular weight excluding hydrogens is 318 g/mol. The molecule has 2 aromatic carbocycles. The Labute approximate surface area is 146 Å². The van der Waals surface area contributed by atoms with E-state index >= 15 is 0 Å². The summed E-state index contributed by atoms with van der Waals surface area (Å²) in [7, 11) is 0. The number of anilines is 2. The lowest BCUT2D eigenvalue weighted by molar-refractivity contribution is -0.136. The third kappa shape index (κ3) is 6.47. The van der Waals surface area contributed by atoms with E-state index in [4.69, 9.17) is 0 Å². The maximum Gasteiger partial charge on any atom is 0.313 e. The summed E-state index contributed by atoms with van der Waals surface area (Å²) in [4.78, 5) is 34.6. The molecule has 6 heteroatoms. The van der Waals surface area contributed by atoms with Crippen LogP contribution in [0.1, 0.15) is 18.9 Å². The van der Waals surface area contributed by atoms with E-state index in [9.17, 15) is 14.4 Å². The second-order valence-corrected chi connectivity index (χ2v) is 5.56. The van der Waals surface area contributed by atoms with Gasteiger partial charge in [-0.2, -0.15) is 0 Å². The number of hydrogen-bond acceptors (Lipinski definition) is 3. The van der Waals surface area contributed by atoms with E-state index < -0.39 is 11.8 Å². The minimum atomic E-state index is -0.716. The molecule has 0 radical (unpaired) electrons. The van der Waals surface area contributed by atoms with E-state index in [-0.39, 0.29) is 5.91 Å². The molecule has 0 spiro atoms. The summed E-state index contributed by atoms with van der Waals surface area (Å²) in [5, 5.41) is 7.74. The van der Waals surface area contributed by atoms with E-state index in [1.165, 1.54) is 12.5 Å². The lowest BCUT2D eigenvalue weighted by atomic mass is 10.1. The summed E-state index contributed by atoms with van der Waals surface area (Å²) >= 11 is 0. The molecule has 3 amide bonds. The maximum absolute atomic E-state index is 11.8. The zero-order chi connectivity index (χ0) is 18.1. The van der Waals surface area contributed by atoms with Gasteiger partial charge in [0.1, 0.15) is 0 Å². The van der Waals surface area contributed by atoms with Gasteiger partial charge in [-0.1, -0.05) is 30.3 Å². The van der Waals surface area contributed by atoms with Crippen LogP contribution in [0.3, 0.4) is 0 Å². The largest absolute Gasteiger partial charge is 0.348 e. The predicted octanol–water partition coefficient (Wildman–Crippen LogP) is 2.33. The van der Waals surface area contributed by atoms with Crippen LogP contribution in [0.25, 0.3) is 0 Å². The van der Waals surface area contributed by atoms with Gasteiger partial charge in [0.15, 0.2) is 0 Å². The summed E-state index contributed by atoms with van der Waals surface area (Å²) in [6.07, 6.45) is 1.60. The highest BCUT2D eigenvalue weighted by Crippen LogP contribution is 2.13. The van der Waals surface area contributed by atoms with Gasteiger partial charge >= 0.3 is 11.8 Å². The van der Waals surface area contributed by atoms with Crippen molar-refractivity contribution in [1.82, 2.24) is 5.32 Å². The van der Waals surface area contributed by atoms with Gasteiger partial charge in [0, 0.05) is 24.8 Å². The third-order valence-electron chi connectivity index (χ3n) is 3.44. The Morgan fingerprint density at radius 1 is 0.800 bits per heavy atom. The van der Waals surface area contributed by atoms with Crippen molar-refractivity contribution in [3.05, 3.63) is 60.2 Å². The molecule has 0 bridgehead atoms. The quantitative estimate of drug-likeness (QED) is 0.557. The van der Waals surface area contributed by atoms with Crippen molar-refractivity contribution in [1.29, 1.82) is 0 Å². The van der Waals surface area contributed by atoms with Crippen molar-refractivity contribution < 1.29 is 14.4 Å². The number of carbonyl (C=O) groups excluding carboxylic acids is 3. The Hall–Kier alpha value is -3.15. The van der Waals surface area contributed by atoms with E-state index in [1.807, 2.05) is 30.3 Å². The SMILES string of the molecule is CC(=O)Nc1ccc(NC(=O)C(=O)NCCCc2ccccc2)cc1. The lowest BCUT2D eigenvalue weighted by Gasteiger charge is -2.08. The summed E-state index contributed by atoms with van der Waals surface area (Å²) in [6.45, 7) is 1.85. The molecule has 130 valence electrons. The summed E-state index contributed by atoms with van der Waals surface area (Å²) < 4.78 is 0. The van der Waals surface area contributed by atoms with Crippen LogP contribution >= 0.6 is 0 Å². The molecule has 2 aromatic rings. The maximum atomic E-state index is 11.8. The summed E-state index contributed by atoms with van der Waals surface area (Å²) in [6, 6.07) is 16.5. The molecule has 0 unspecified atom stereocenters. The van der Waals surface area contributed by atoms with E-state index in [2.05, 4.69) is 16.0 Å². The van der Waals surface area contributed by atoms with Crippen molar-refractivity contribution in [3.63, 3.8) is 0 Å². The number of amides is 3. The fourth-order valence-corrected chi connectivity index (χ4v) is 2.25. The van der Waals surface area contributed by atoms with Gasteiger partial charge in [0.2, 0.25) is 5.91 Å². The molecule has 0 aromatic heterocycles. The number of carbonyl (C=O) groups is 3. The van der Waals surface area contributed by atoms with Crippen LogP contribution in [0.4, 0.5) is 11.4 Å². The van der Waals surface area contributed by atoms with Crippen LogP contribution in [0.5, 0.6) is 0 Å². The molecule has 2 rings (SSSR count). The van der Waals surface area contributed by atoms with Crippen molar-refractivity contribution >= 4 is 29.1 Å². The van der Waals surface area contributed by atoms with Crippen LogP contribution in [0.2, 0.25) is 0 Å². The fraction of sp³-hybridized carbons (Fsp3) is 0.211. The Balaban J connectivity index is 1.72. The van der Waals surface area contributed by atoms with Crippen molar-refractivity contribution in [2.45, 2.75) is 19.8 Å². The average Bonchev–Trinajstić information content (AvgIpc) is 2.60. The molecule has 3 N–H and O–H groups in total. The van der Waals surface area contributed by atoms with Crippen molar-refractivity contribution in [2.24, 2.45) is 0 Å². The average molecular weight is 339 g/mol. The highest BCUT2D eigenvalue weighted by Gasteiger charge is 2.12. The molecule has 0 aliphatic carbocycles. The van der Waals surface area contributed by atoms with Gasteiger partial charge < -0.3 is 16.0 Å². The number of nitrogens with one attached hydrogen (secondary N) is 3. The fourth-order valence-electron chi connectivity index (χ4n) is 2.25. The number of rotatable bonds is 6. The molecule has 0 fully saturated rings. The predicted molar refractivity (Wildman–Crippen MR) is 97.1 cm³/mol. The standard InChI is InChI=1S/C19H21N3O3/c1-14(23)21-16-9-11-17(12-10-16)22-19(25)18(24)20-13-5-8-15-6-3-2-4-7-15/h2-4,6-7,9-12H,5,8,13H2,1H3,(H,20,24)(H,21,23)(H,22,25). The van der Waals surface area contributed by atoms with Gasteiger partial charge in [0.05, 0.1) is 0 Å². The summed E-state index contributed by atoms with van der Waals surface area (Å²) in [5.74, 6) is -1.56. The first-order valence-electron chi connectivity index (χ1n) is 8.05. The zero-order valence-electron chi connectivity index (χ0n) is 14.0. The van der Waals surface area contributed by atoms with Gasteiger partial charge in [-0.15, -0.1) is 0 Å². The highest BCUT2D eigenvalue weighted by atomic mass is 16.2. The van der Waals surface area contributed by atoms with Crippen LogP contribution in [-0.2, 0) is 20.8 Å². The molecule has 0 atom stereocenters. The first-order valence-corrected chi connectivity index (χ1v) is 8.05. The van der Waals surface area contributed by atoms with E-state index in [1.54, 1.807) is 24.3 Å². The molecule has 25 heavy (non-hydrogen) atoms. The first kappa shape index (κ1) is 18.2. The number of benzene rings is 2. The topological polar surface area (TPSA) is 87.3 Å². The molecule has 0 aliphatic heterocycles. The smallest absolute Gasteiger partial charge is 0.313 e. The monoisotopic (exact) mass is 339 g/mol. The first-order chi connectivity index (χ1) is 12.0. The Kier molecular flexibility index (Phi) is 6.71. The molecule has 0 saturated heterocycles. The Morgan fingerprint density at radius 2 is 1.40 bits per heavy atom. The molecular formula is C19H21N3O3. The molecule has 0 saturated carbocycles. The van der Waals surface area contributed by atoms with Gasteiger partial charge in [0.25, 0.3) is 0 Å². The lowest BCUT2D eigenvalue weighted by Crippen LogP contribution is -2.36. The van der Waals surface area contributed by atoms with E-state index in [0.29, 0.717) is 17.9 Å². The minimum absolute atomic E-state index is 0.174. The van der Waals surface area contributed by atoms with Crippen LogP contribution in [0.15, 0.2) is 54.6 Å². The third-order valence-corrected chi connectivity index (χ3v) is 3.44. The Bertz CT molecular complexity index is 727. The second kappa shape index (κ2) is 9.22. The zero-order valence-corrected chi connectivity index (χ0v) is 14.0. The molecule has 0 heterocycles.